The van der Waals surface area contributed by atoms with Gasteiger partial charge in [0.15, 0.2) is 5.11 Å². The van der Waals surface area contributed by atoms with E-state index in [4.69, 9.17) is 12.2 Å². The van der Waals surface area contributed by atoms with Crippen LogP contribution in [0, 0.1) is 17.6 Å². The molecule has 23 heavy (non-hydrogen) atoms. The maximum absolute atomic E-state index is 13.4. The molecule has 0 unspecified atom stereocenters. The van der Waals surface area contributed by atoms with Crippen molar-refractivity contribution in [3.8, 4) is 0 Å². The summed E-state index contributed by atoms with van der Waals surface area (Å²) in [4.78, 5) is 11.8. The Labute approximate surface area is 141 Å². The van der Waals surface area contributed by atoms with Crippen molar-refractivity contribution in [1.82, 2.24) is 16.2 Å². The number of amides is 1. The third-order valence-corrected chi connectivity index (χ3v) is 3.62. The van der Waals surface area contributed by atoms with Gasteiger partial charge in [0.2, 0.25) is 0 Å². The Morgan fingerprint density at radius 1 is 1.26 bits per heavy atom. The minimum absolute atomic E-state index is 0.253. The van der Waals surface area contributed by atoms with Gasteiger partial charge in [-0.05, 0) is 36.7 Å². The first-order valence-electron chi connectivity index (χ1n) is 7.73. The van der Waals surface area contributed by atoms with E-state index >= 15 is 0 Å². The predicted molar refractivity (Wildman–Crippen MR) is 90.9 cm³/mol. The summed E-state index contributed by atoms with van der Waals surface area (Å²) in [5.41, 5.74) is 4.53. The SMILES string of the molecule is CCCCC[C@H](C)CNC(=S)NNC(=O)c1ccc(F)cc1F. The first-order chi connectivity index (χ1) is 10.9. The van der Waals surface area contributed by atoms with Crippen LogP contribution < -0.4 is 16.2 Å². The van der Waals surface area contributed by atoms with Crippen LogP contribution in [0.2, 0.25) is 0 Å². The molecule has 0 fully saturated rings. The molecule has 1 aromatic carbocycles. The molecule has 0 saturated carbocycles. The number of carbonyl (C=O) groups excluding carboxylic acids is 1. The summed E-state index contributed by atoms with van der Waals surface area (Å²) in [5.74, 6) is -1.91. The number of hydrogen-bond donors (Lipinski definition) is 3. The molecular weight excluding hydrogens is 320 g/mol. The van der Waals surface area contributed by atoms with E-state index in [-0.39, 0.29) is 10.7 Å². The second-order valence-corrected chi connectivity index (χ2v) is 5.92. The van der Waals surface area contributed by atoms with Gasteiger partial charge < -0.3 is 5.32 Å². The number of hydrogen-bond acceptors (Lipinski definition) is 2. The Morgan fingerprint density at radius 2 is 2.00 bits per heavy atom. The van der Waals surface area contributed by atoms with Crippen molar-refractivity contribution >= 4 is 23.2 Å². The lowest BCUT2D eigenvalue weighted by Gasteiger charge is -2.15. The van der Waals surface area contributed by atoms with Gasteiger partial charge in [-0.2, -0.15) is 0 Å². The molecule has 0 saturated heterocycles. The molecule has 3 N–H and O–H groups in total. The molecule has 0 aliphatic rings. The number of halogens is 2. The zero-order valence-corrected chi connectivity index (χ0v) is 14.2. The average Bonchev–Trinajstić information content (AvgIpc) is 2.51. The molecule has 0 aliphatic carbocycles. The number of thiocarbonyl (C=S) groups is 1. The van der Waals surface area contributed by atoms with Crippen LogP contribution in [-0.2, 0) is 0 Å². The Morgan fingerprint density at radius 3 is 2.65 bits per heavy atom. The summed E-state index contributed by atoms with van der Waals surface area (Å²) in [6.45, 7) is 4.97. The summed E-state index contributed by atoms with van der Waals surface area (Å²) >= 11 is 5.04. The highest BCUT2D eigenvalue weighted by Gasteiger charge is 2.12. The number of nitrogens with one attached hydrogen (secondary N) is 3. The van der Waals surface area contributed by atoms with Crippen molar-refractivity contribution in [3.05, 3.63) is 35.4 Å². The topological polar surface area (TPSA) is 53.2 Å². The second-order valence-electron chi connectivity index (χ2n) is 5.51. The molecule has 1 aromatic rings. The van der Waals surface area contributed by atoms with Crippen LogP contribution in [0.4, 0.5) is 8.78 Å². The van der Waals surface area contributed by atoms with E-state index in [1.54, 1.807) is 0 Å². The molecule has 1 rings (SSSR count). The summed E-state index contributed by atoms with van der Waals surface area (Å²) < 4.78 is 26.2. The molecule has 0 aromatic heterocycles. The maximum Gasteiger partial charge on any atom is 0.272 e. The molecule has 0 bridgehead atoms. The maximum atomic E-state index is 13.4. The van der Waals surface area contributed by atoms with Crippen LogP contribution in [0.3, 0.4) is 0 Å². The Balaban J connectivity index is 2.31. The minimum Gasteiger partial charge on any atom is -0.361 e. The molecular formula is C16H23F2N3OS. The fourth-order valence-electron chi connectivity index (χ4n) is 2.01. The van der Waals surface area contributed by atoms with Gasteiger partial charge in [-0.3, -0.25) is 15.6 Å². The fraction of sp³-hybridized carbons (Fsp3) is 0.500. The largest absolute Gasteiger partial charge is 0.361 e. The van der Waals surface area contributed by atoms with Crippen molar-refractivity contribution in [2.24, 2.45) is 5.92 Å². The van der Waals surface area contributed by atoms with E-state index in [1.165, 1.54) is 19.3 Å². The van der Waals surface area contributed by atoms with Crippen molar-refractivity contribution < 1.29 is 13.6 Å². The standard InChI is InChI=1S/C16H23F2N3OS/c1-3-4-5-6-11(2)10-19-16(23)21-20-15(22)13-8-7-12(17)9-14(13)18/h7-9,11H,3-6,10H2,1-2H3,(H,20,22)(H2,19,21,23)/t11-/m0/s1. The molecule has 7 heteroatoms. The summed E-state index contributed by atoms with van der Waals surface area (Å²) in [6.07, 6.45) is 4.69. The molecule has 0 aliphatic heterocycles. The second kappa shape index (κ2) is 10.1. The predicted octanol–water partition coefficient (Wildman–Crippen LogP) is 3.29. The van der Waals surface area contributed by atoms with Gasteiger partial charge in [0.25, 0.3) is 5.91 Å². The van der Waals surface area contributed by atoms with Crippen molar-refractivity contribution in [1.29, 1.82) is 0 Å². The van der Waals surface area contributed by atoms with E-state index < -0.39 is 17.5 Å². The van der Waals surface area contributed by atoms with Gasteiger partial charge in [0.05, 0.1) is 5.56 Å². The van der Waals surface area contributed by atoms with Crippen molar-refractivity contribution in [2.75, 3.05) is 6.54 Å². The average molecular weight is 343 g/mol. The van der Waals surface area contributed by atoms with E-state index in [0.29, 0.717) is 18.5 Å². The molecule has 0 spiro atoms. The van der Waals surface area contributed by atoms with Gasteiger partial charge in [-0.1, -0.05) is 33.1 Å². The number of benzene rings is 1. The number of rotatable bonds is 7. The lowest BCUT2D eigenvalue weighted by Crippen LogP contribution is -2.47. The fourth-order valence-corrected chi connectivity index (χ4v) is 2.14. The Bertz CT molecular complexity index is 540. The lowest BCUT2D eigenvalue weighted by atomic mass is 10.0. The number of carbonyl (C=O) groups is 1. The molecule has 0 heterocycles. The highest BCUT2D eigenvalue weighted by molar-refractivity contribution is 7.80. The van der Waals surface area contributed by atoms with E-state index in [1.807, 2.05) is 0 Å². The van der Waals surface area contributed by atoms with Gasteiger partial charge in [-0.15, -0.1) is 0 Å². The number of unbranched alkanes of at least 4 members (excludes halogenated alkanes) is 2. The van der Waals surface area contributed by atoms with Gasteiger partial charge in [-0.25, -0.2) is 8.78 Å². The Hall–Kier alpha value is -1.76. The molecule has 1 atom stereocenters. The number of hydrazine groups is 1. The van der Waals surface area contributed by atoms with E-state index in [0.717, 1.165) is 18.6 Å². The monoisotopic (exact) mass is 343 g/mol. The van der Waals surface area contributed by atoms with Crippen LogP contribution in [0.5, 0.6) is 0 Å². The zero-order chi connectivity index (χ0) is 17.2. The van der Waals surface area contributed by atoms with Crippen LogP contribution in [0.1, 0.15) is 49.9 Å². The van der Waals surface area contributed by atoms with Crippen LogP contribution in [0.25, 0.3) is 0 Å². The van der Waals surface area contributed by atoms with Crippen LogP contribution >= 0.6 is 12.2 Å². The van der Waals surface area contributed by atoms with E-state index in [2.05, 4.69) is 30.0 Å². The highest BCUT2D eigenvalue weighted by atomic mass is 32.1. The van der Waals surface area contributed by atoms with E-state index in [9.17, 15) is 13.6 Å². The first-order valence-corrected chi connectivity index (χ1v) is 8.14. The van der Waals surface area contributed by atoms with Crippen molar-refractivity contribution in [3.63, 3.8) is 0 Å². The third-order valence-electron chi connectivity index (χ3n) is 3.38. The van der Waals surface area contributed by atoms with Crippen molar-refractivity contribution in [2.45, 2.75) is 39.5 Å². The summed E-state index contributed by atoms with van der Waals surface area (Å²) in [6, 6.07) is 2.75. The molecule has 0 radical (unpaired) electrons. The first kappa shape index (κ1) is 19.3. The third kappa shape index (κ3) is 7.36. The smallest absolute Gasteiger partial charge is 0.272 e. The van der Waals surface area contributed by atoms with Gasteiger partial charge in [0.1, 0.15) is 11.6 Å². The van der Waals surface area contributed by atoms with Gasteiger partial charge in [0, 0.05) is 12.6 Å². The lowest BCUT2D eigenvalue weighted by molar-refractivity contribution is 0.0939. The van der Waals surface area contributed by atoms with Crippen LogP contribution in [-0.4, -0.2) is 17.6 Å². The molecule has 1 amide bonds. The quantitative estimate of drug-likeness (QED) is 0.404. The summed E-state index contributed by atoms with van der Waals surface area (Å²) in [7, 11) is 0. The molecule has 128 valence electrons. The normalized spacial score (nSPS) is 11.7. The zero-order valence-electron chi connectivity index (χ0n) is 13.4. The van der Waals surface area contributed by atoms with Crippen LogP contribution in [0.15, 0.2) is 18.2 Å². The Kier molecular flexibility index (Phi) is 8.47. The molecule has 4 nitrogen and oxygen atoms in total. The minimum atomic E-state index is -0.923. The van der Waals surface area contributed by atoms with Gasteiger partial charge >= 0.3 is 0 Å². The highest BCUT2D eigenvalue weighted by Crippen LogP contribution is 2.09. The summed E-state index contributed by atoms with van der Waals surface area (Å²) in [5, 5.41) is 3.24.